The maximum Gasteiger partial charge on any atom is 0.306 e. The van der Waals surface area contributed by atoms with Crippen LogP contribution in [0.2, 0.25) is 0 Å². The van der Waals surface area contributed by atoms with E-state index in [4.69, 9.17) is 10.8 Å². The van der Waals surface area contributed by atoms with E-state index in [1.165, 1.54) is 12.1 Å². The van der Waals surface area contributed by atoms with Crippen LogP contribution in [-0.2, 0) is 11.2 Å². The lowest BCUT2D eigenvalue weighted by Gasteiger charge is -2.10. The highest BCUT2D eigenvalue weighted by atomic mass is 19.1. The quantitative estimate of drug-likeness (QED) is 0.774. The molecule has 1 aromatic carbocycles. The smallest absolute Gasteiger partial charge is 0.306 e. The van der Waals surface area contributed by atoms with Gasteiger partial charge >= 0.3 is 5.97 Å². The Kier molecular flexibility index (Phi) is 4.24. The standard InChI is InChI=1S/C11H14FNO2/c12-10-3-1-8(2-4-10)7-9(5-6-13)11(14)15/h1-4,9H,5-7,13H2,(H,14,15). The fourth-order valence-corrected chi connectivity index (χ4v) is 1.42. The van der Waals surface area contributed by atoms with E-state index >= 15 is 0 Å². The Balaban J connectivity index is 2.65. The van der Waals surface area contributed by atoms with Gasteiger partial charge in [-0.05, 0) is 37.1 Å². The van der Waals surface area contributed by atoms with Gasteiger partial charge in [0.25, 0.3) is 0 Å². The van der Waals surface area contributed by atoms with Crippen molar-refractivity contribution in [1.29, 1.82) is 0 Å². The minimum Gasteiger partial charge on any atom is -0.481 e. The van der Waals surface area contributed by atoms with Crippen LogP contribution in [-0.4, -0.2) is 17.6 Å². The summed E-state index contributed by atoms with van der Waals surface area (Å²) in [6.45, 7) is 0.345. The highest BCUT2D eigenvalue weighted by Gasteiger charge is 2.16. The third kappa shape index (κ3) is 3.67. The average molecular weight is 211 g/mol. The lowest BCUT2D eigenvalue weighted by Crippen LogP contribution is -2.20. The zero-order chi connectivity index (χ0) is 11.3. The van der Waals surface area contributed by atoms with Gasteiger partial charge in [-0.25, -0.2) is 4.39 Å². The molecular weight excluding hydrogens is 197 g/mol. The van der Waals surface area contributed by atoms with Crippen molar-refractivity contribution in [2.24, 2.45) is 11.7 Å². The Morgan fingerprint density at radius 2 is 2.00 bits per heavy atom. The van der Waals surface area contributed by atoms with E-state index in [1.54, 1.807) is 12.1 Å². The number of carboxylic acids is 1. The van der Waals surface area contributed by atoms with Crippen molar-refractivity contribution < 1.29 is 14.3 Å². The molecule has 0 radical (unpaired) electrons. The number of hydrogen-bond acceptors (Lipinski definition) is 2. The first kappa shape index (κ1) is 11.7. The Labute approximate surface area is 87.7 Å². The molecule has 1 unspecified atom stereocenters. The number of carbonyl (C=O) groups is 1. The van der Waals surface area contributed by atoms with Crippen molar-refractivity contribution >= 4 is 5.97 Å². The van der Waals surface area contributed by atoms with Gasteiger partial charge in [0, 0.05) is 0 Å². The molecule has 15 heavy (non-hydrogen) atoms. The summed E-state index contributed by atoms with van der Waals surface area (Å²) in [6, 6.07) is 5.86. The molecule has 1 aromatic rings. The molecule has 0 amide bonds. The topological polar surface area (TPSA) is 63.3 Å². The number of rotatable bonds is 5. The first-order valence-electron chi connectivity index (χ1n) is 4.81. The molecule has 0 saturated carbocycles. The highest BCUT2D eigenvalue weighted by molar-refractivity contribution is 5.70. The summed E-state index contributed by atoms with van der Waals surface area (Å²) < 4.78 is 12.6. The van der Waals surface area contributed by atoms with Crippen LogP contribution in [0, 0.1) is 11.7 Å². The summed E-state index contributed by atoms with van der Waals surface area (Å²) in [5.41, 5.74) is 6.14. The van der Waals surface area contributed by atoms with Crippen molar-refractivity contribution in [3.05, 3.63) is 35.6 Å². The number of benzene rings is 1. The second kappa shape index (κ2) is 5.46. The van der Waals surface area contributed by atoms with E-state index in [1.807, 2.05) is 0 Å². The molecule has 1 atom stereocenters. The fourth-order valence-electron chi connectivity index (χ4n) is 1.42. The molecule has 0 aliphatic carbocycles. The summed E-state index contributed by atoms with van der Waals surface area (Å²) in [6.07, 6.45) is 0.833. The number of carboxylic acid groups (broad SMARTS) is 1. The second-order valence-corrected chi connectivity index (χ2v) is 3.44. The van der Waals surface area contributed by atoms with Crippen LogP contribution >= 0.6 is 0 Å². The van der Waals surface area contributed by atoms with Crippen molar-refractivity contribution in [3.8, 4) is 0 Å². The van der Waals surface area contributed by atoms with E-state index in [2.05, 4.69) is 0 Å². The van der Waals surface area contributed by atoms with Crippen LogP contribution in [0.4, 0.5) is 4.39 Å². The summed E-state index contributed by atoms with van der Waals surface area (Å²) >= 11 is 0. The predicted molar refractivity (Wildman–Crippen MR) is 54.9 cm³/mol. The van der Waals surface area contributed by atoms with Crippen LogP contribution < -0.4 is 5.73 Å². The molecule has 0 bridgehead atoms. The monoisotopic (exact) mass is 211 g/mol. The summed E-state index contributed by atoms with van der Waals surface area (Å²) in [5, 5.41) is 8.89. The molecule has 0 aromatic heterocycles. The van der Waals surface area contributed by atoms with Crippen molar-refractivity contribution in [2.75, 3.05) is 6.54 Å². The molecule has 0 aliphatic heterocycles. The zero-order valence-electron chi connectivity index (χ0n) is 8.32. The van der Waals surface area contributed by atoms with Gasteiger partial charge in [-0.2, -0.15) is 0 Å². The zero-order valence-corrected chi connectivity index (χ0v) is 8.32. The van der Waals surface area contributed by atoms with Crippen LogP contribution in [0.25, 0.3) is 0 Å². The maximum atomic E-state index is 12.6. The van der Waals surface area contributed by atoms with E-state index in [-0.39, 0.29) is 5.82 Å². The Bertz CT molecular complexity index is 324. The Morgan fingerprint density at radius 1 is 1.40 bits per heavy atom. The van der Waals surface area contributed by atoms with Gasteiger partial charge in [-0.3, -0.25) is 4.79 Å². The predicted octanol–water partition coefficient (Wildman–Crippen LogP) is 1.42. The van der Waals surface area contributed by atoms with Gasteiger partial charge in [-0.15, -0.1) is 0 Å². The Hall–Kier alpha value is -1.42. The van der Waals surface area contributed by atoms with Gasteiger partial charge in [0.2, 0.25) is 0 Å². The largest absolute Gasteiger partial charge is 0.481 e. The number of hydrogen-bond donors (Lipinski definition) is 2. The second-order valence-electron chi connectivity index (χ2n) is 3.44. The van der Waals surface area contributed by atoms with E-state index in [9.17, 15) is 9.18 Å². The molecule has 0 aliphatic rings. The van der Waals surface area contributed by atoms with Gasteiger partial charge in [-0.1, -0.05) is 12.1 Å². The first-order valence-corrected chi connectivity index (χ1v) is 4.81. The third-order valence-corrected chi connectivity index (χ3v) is 2.26. The fraction of sp³-hybridized carbons (Fsp3) is 0.364. The minimum absolute atomic E-state index is 0.315. The molecule has 0 heterocycles. The van der Waals surface area contributed by atoms with Gasteiger partial charge in [0.05, 0.1) is 5.92 Å². The maximum absolute atomic E-state index is 12.6. The summed E-state index contributed by atoms with van der Waals surface area (Å²) in [4.78, 5) is 10.8. The molecular formula is C11H14FNO2. The van der Waals surface area contributed by atoms with Crippen LogP contribution in [0.5, 0.6) is 0 Å². The molecule has 1 rings (SSSR count). The van der Waals surface area contributed by atoms with Crippen LogP contribution in [0.1, 0.15) is 12.0 Å². The van der Waals surface area contributed by atoms with Crippen LogP contribution in [0.15, 0.2) is 24.3 Å². The SMILES string of the molecule is NCCC(Cc1ccc(F)cc1)C(=O)O. The average Bonchev–Trinajstić information content (AvgIpc) is 2.20. The molecule has 82 valence electrons. The van der Waals surface area contributed by atoms with Crippen molar-refractivity contribution in [1.82, 2.24) is 0 Å². The number of halogens is 1. The summed E-state index contributed by atoms with van der Waals surface area (Å²) in [5.74, 6) is -1.66. The van der Waals surface area contributed by atoms with Gasteiger partial charge in [0.1, 0.15) is 5.82 Å². The lowest BCUT2D eigenvalue weighted by molar-refractivity contribution is -0.141. The molecule has 0 fully saturated rings. The molecule has 3 nitrogen and oxygen atoms in total. The normalized spacial score (nSPS) is 12.4. The molecule has 3 N–H and O–H groups in total. The summed E-state index contributed by atoms with van der Waals surface area (Å²) in [7, 11) is 0. The molecule has 0 saturated heterocycles. The first-order chi connectivity index (χ1) is 7.13. The lowest BCUT2D eigenvalue weighted by atomic mass is 9.96. The van der Waals surface area contributed by atoms with Crippen molar-refractivity contribution in [3.63, 3.8) is 0 Å². The van der Waals surface area contributed by atoms with Gasteiger partial charge in [0.15, 0.2) is 0 Å². The number of aliphatic carboxylic acids is 1. The van der Waals surface area contributed by atoms with Crippen molar-refractivity contribution in [2.45, 2.75) is 12.8 Å². The highest BCUT2D eigenvalue weighted by Crippen LogP contribution is 2.12. The molecule has 4 heteroatoms. The van der Waals surface area contributed by atoms with E-state index in [0.29, 0.717) is 19.4 Å². The van der Waals surface area contributed by atoms with Crippen LogP contribution in [0.3, 0.4) is 0 Å². The van der Waals surface area contributed by atoms with Gasteiger partial charge < -0.3 is 10.8 Å². The van der Waals surface area contributed by atoms with E-state index in [0.717, 1.165) is 5.56 Å². The number of nitrogens with two attached hydrogens (primary N) is 1. The van der Waals surface area contributed by atoms with E-state index < -0.39 is 11.9 Å². The third-order valence-electron chi connectivity index (χ3n) is 2.26. The minimum atomic E-state index is -0.857. The Morgan fingerprint density at radius 3 is 2.47 bits per heavy atom. The molecule has 0 spiro atoms.